The van der Waals surface area contributed by atoms with Gasteiger partial charge in [0.05, 0.1) is 7.11 Å². The second kappa shape index (κ2) is 5.77. The number of hydrazine groups is 1. The van der Waals surface area contributed by atoms with Crippen LogP contribution in [0.4, 0.5) is 0 Å². The lowest BCUT2D eigenvalue weighted by molar-refractivity contribution is 0.414. The second-order valence-corrected chi connectivity index (χ2v) is 4.44. The minimum Gasteiger partial charge on any atom is -0.497 e. The van der Waals surface area contributed by atoms with E-state index in [0.717, 1.165) is 22.4 Å². The van der Waals surface area contributed by atoms with Crippen molar-refractivity contribution in [2.75, 3.05) is 7.11 Å². The Labute approximate surface area is 112 Å². The molecule has 2 rings (SSSR count). The maximum Gasteiger partial charge on any atom is 0.150 e. The minimum absolute atomic E-state index is 0.230. The predicted molar refractivity (Wildman–Crippen MR) is 73.7 cm³/mol. The number of ether oxygens (including phenoxy) is 1. The molecule has 2 aromatic rings. The number of aromatic nitrogens is 2. The van der Waals surface area contributed by atoms with Crippen LogP contribution < -0.4 is 16.0 Å². The lowest BCUT2D eigenvalue weighted by Gasteiger charge is -2.17. The highest BCUT2D eigenvalue weighted by Gasteiger charge is 2.17. The molecule has 0 radical (unpaired) electrons. The van der Waals surface area contributed by atoms with Crippen LogP contribution >= 0.6 is 0 Å². The van der Waals surface area contributed by atoms with E-state index in [1.807, 2.05) is 32.0 Å². The van der Waals surface area contributed by atoms with E-state index < -0.39 is 0 Å². The Morgan fingerprint density at radius 3 is 2.42 bits per heavy atom. The second-order valence-electron chi connectivity index (χ2n) is 4.44. The molecule has 0 spiro atoms. The van der Waals surface area contributed by atoms with Crippen LogP contribution in [0.1, 0.15) is 28.6 Å². The largest absolute Gasteiger partial charge is 0.497 e. The summed E-state index contributed by atoms with van der Waals surface area (Å²) in [7, 11) is 1.65. The summed E-state index contributed by atoms with van der Waals surface area (Å²) in [6.45, 7) is 3.96. The summed E-state index contributed by atoms with van der Waals surface area (Å²) < 4.78 is 5.20. The van der Waals surface area contributed by atoms with Crippen LogP contribution in [0.15, 0.2) is 30.6 Å². The number of benzene rings is 1. The Hall–Kier alpha value is -1.98. The summed E-state index contributed by atoms with van der Waals surface area (Å²) in [5.41, 5.74) is 5.90. The molecular weight excluding hydrogens is 240 g/mol. The lowest BCUT2D eigenvalue weighted by Crippen LogP contribution is -2.30. The van der Waals surface area contributed by atoms with Crippen molar-refractivity contribution in [1.82, 2.24) is 15.4 Å². The van der Waals surface area contributed by atoms with Crippen molar-refractivity contribution < 1.29 is 4.74 Å². The monoisotopic (exact) mass is 258 g/mol. The third-order valence-electron chi connectivity index (χ3n) is 3.01. The molecule has 0 bridgehead atoms. The fourth-order valence-corrected chi connectivity index (χ4v) is 1.95. The van der Waals surface area contributed by atoms with Gasteiger partial charge in [0.25, 0.3) is 0 Å². The molecule has 19 heavy (non-hydrogen) atoms. The van der Waals surface area contributed by atoms with Gasteiger partial charge in [-0.3, -0.25) is 5.84 Å². The van der Waals surface area contributed by atoms with Crippen molar-refractivity contribution in [3.63, 3.8) is 0 Å². The van der Waals surface area contributed by atoms with E-state index >= 15 is 0 Å². The third kappa shape index (κ3) is 2.89. The topological polar surface area (TPSA) is 73.1 Å². The van der Waals surface area contributed by atoms with Gasteiger partial charge < -0.3 is 4.74 Å². The molecule has 1 aromatic heterocycles. The van der Waals surface area contributed by atoms with Crippen LogP contribution in [0.5, 0.6) is 5.75 Å². The van der Waals surface area contributed by atoms with Crippen LogP contribution in [-0.2, 0) is 0 Å². The highest BCUT2D eigenvalue weighted by atomic mass is 16.5. The standard InChI is InChI=1S/C14H18N4O/c1-9-7-16-14(17-8-9)13(18-15)12-5-4-11(19-3)6-10(12)2/h4-8,13,18H,15H2,1-3H3. The molecular formula is C14H18N4O. The number of nitrogens with two attached hydrogens (primary N) is 1. The highest BCUT2D eigenvalue weighted by molar-refractivity contribution is 5.38. The molecule has 0 amide bonds. The van der Waals surface area contributed by atoms with Gasteiger partial charge in [-0.2, -0.15) is 0 Å². The Kier molecular flexibility index (Phi) is 4.09. The summed E-state index contributed by atoms with van der Waals surface area (Å²) >= 11 is 0. The van der Waals surface area contributed by atoms with Gasteiger partial charge in [0.2, 0.25) is 0 Å². The molecule has 0 saturated carbocycles. The Morgan fingerprint density at radius 1 is 1.21 bits per heavy atom. The van der Waals surface area contributed by atoms with E-state index in [2.05, 4.69) is 15.4 Å². The first-order valence-electron chi connectivity index (χ1n) is 6.05. The zero-order valence-corrected chi connectivity index (χ0v) is 11.3. The van der Waals surface area contributed by atoms with Crippen LogP contribution in [0.3, 0.4) is 0 Å². The van der Waals surface area contributed by atoms with Crippen molar-refractivity contribution in [3.05, 3.63) is 53.1 Å². The first kappa shape index (κ1) is 13.5. The van der Waals surface area contributed by atoms with E-state index in [4.69, 9.17) is 10.6 Å². The molecule has 0 saturated heterocycles. The van der Waals surface area contributed by atoms with Crippen LogP contribution in [0.25, 0.3) is 0 Å². The molecule has 1 unspecified atom stereocenters. The number of hydrogen-bond acceptors (Lipinski definition) is 5. The fourth-order valence-electron chi connectivity index (χ4n) is 1.95. The highest BCUT2D eigenvalue weighted by Crippen LogP contribution is 2.25. The van der Waals surface area contributed by atoms with Crippen molar-refractivity contribution in [1.29, 1.82) is 0 Å². The molecule has 0 aliphatic carbocycles. The van der Waals surface area contributed by atoms with Gasteiger partial charge in [-0.05, 0) is 42.7 Å². The first-order valence-corrected chi connectivity index (χ1v) is 6.05. The van der Waals surface area contributed by atoms with E-state index in [0.29, 0.717) is 5.82 Å². The number of methoxy groups -OCH3 is 1. The first-order chi connectivity index (χ1) is 9.15. The molecule has 1 atom stereocenters. The minimum atomic E-state index is -0.230. The molecule has 0 aliphatic heterocycles. The van der Waals surface area contributed by atoms with Crippen LogP contribution in [0.2, 0.25) is 0 Å². The molecule has 5 heteroatoms. The van der Waals surface area contributed by atoms with Gasteiger partial charge >= 0.3 is 0 Å². The third-order valence-corrected chi connectivity index (χ3v) is 3.01. The number of hydrogen-bond donors (Lipinski definition) is 2. The summed E-state index contributed by atoms with van der Waals surface area (Å²) in [5, 5.41) is 0. The van der Waals surface area contributed by atoms with E-state index in [1.54, 1.807) is 19.5 Å². The molecule has 3 N–H and O–H groups in total. The van der Waals surface area contributed by atoms with Gasteiger partial charge in [-0.15, -0.1) is 0 Å². The molecule has 5 nitrogen and oxygen atoms in total. The van der Waals surface area contributed by atoms with E-state index in [-0.39, 0.29) is 6.04 Å². The summed E-state index contributed by atoms with van der Waals surface area (Å²) in [6.07, 6.45) is 3.57. The average molecular weight is 258 g/mol. The summed E-state index contributed by atoms with van der Waals surface area (Å²) in [5.74, 6) is 7.13. The van der Waals surface area contributed by atoms with E-state index in [9.17, 15) is 0 Å². The van der Waals surface area contributed by atoms with Crippen molar-refractivity contribution in [3.8, 4) is 5.75 Å². The summed E-state index contributed by atoms with van der Waals surface area (Å²) in [6, 6.07) is 5.61. The maximum absolute atomic E-state index is 5.65. The van der Waals surface area contributed by atoms with Crippen molar-refractivity contribution in [2.24, 2.45) is 5.84 Å². The normalized spacial score (nSPS) is 12.2. The number of nitrogens with one attached hydrogen (secondary N) is 1. The van der Waals surface area contributed by atoms with Gasteiger partial charge in [0, 0.05) is 12.4 Å². The molecule has 0 fully saturated rings. The predicted octanol–water partition coefficient (Wildman–Crippen LogP) is 1.65. The number of nitrogens with zero attached hydrogens (tertiary/aromatic N) is 2. The smallest absolute Gasteiger partial charge is 0.150 e. The Bertz CT molecular complexity index is 554. The van der Waals surface area contributed by atoms with Gasteiger partial charge in [0.1, 0.15) is 11.8 Å². The van der Waals surface area contributed by atoms with Gasteiger partial charge in [0.15, 0.2) is 5.82 Å². The van der Waals surface area contributed by atoms with E-state index in [1.165, 1.54) is 0 Å². The maximum atomic E-state index is 5.65. The number of aryl methyl sites for hydroxylation is 2. The average Bonchev–Trinajstić information content (AvgIpc) is 2.43. The fraction of sp³-hybridized carbons (Fsp3) is 0.286. The molecule has 1 aromatic carbocycles. The molecule has 100 valence electrons. The SMILES string of the molecule is COc1ccc(C(NN)c2ncc(C)cn2)c(C)c1. The van der Waals surface area contributed by atoms with Gasteiger partial charge in [-0.25, -0.2) is 15.4 Å². The lowest BCUT2D eigenvalue weighted by atomic mass is 10.0. The van der Waals surface area contributed by atoms with Crippen molar-refractivity contribution >= 4 is 0 Å². The zero-order chi connectivity index (χ0) is 13.8. The van der Waals surface area contributed by atoms with Gasteiger partial charge in [-0.1, -0.05) is 6.07 Å². The summed E-state index contributed by atoms with van der Waals surface area (Å²) in [4.78, 5) is 8.65. The van der Waals surface area contributed by atoms with Crippen LogP contribution in [-0.4, -0.2) is 17.1 Å². The molecule has 1 heterocycles. The zero-order valence-electron chi connectivity index (χ0n) is 11.3. The Balaban J connectivity index is 2.39. The number of rotatable bonds is 4. The Morgan fingerprint density at radius 2 is 1.89 bits per heavy atom. The quantitative estimate of drug-likeness (QED) is 0.644. The van der Waals surface area contributed by atoms with Crippen LogP contribution in [0, 0.1) is 13.8 Å². The van der Waals surface area contributed by atoms with Crippen molar-refractivity contribution in [2.45, 2.75) is 19.9 Å². The molecule has 0 aliphatic rings.